The summed E-state index contributed by atoms with van der Waals surface area (Å²) < 4.78 is 4.60. The topological polar surface area (TPSA) is 42.1 Å². The van der Waals surface area contributed by atoms with Crippen molar-refractivity contribution in [1.82, 2.24) is 24.2 Å². The number of anilines is 1. The van der Waals surface area contributed by atoms with E-state index < -0.39 is 0 Å². The summed E-state index contributed by atoms with van der Waals surface area (Å²) in [6, 6.07) is 14.6. The zero-order valence-corrected chi connectivity index (χ0v) is 16.9. The molecule has 3 rings (SSSR count). The molecule has 6 nitrogen and oxygen atoms in total. The molecule has 0 aliphatic heterocycles. The Morgan fingerprint density at radius 2 is 1.81 bits per heavy atom. The molecule has 0 atom stereocenters. The van der Waals surface area contributed by atoms with E-state index in [1.54, 1.807) is 0 Å². The Morgan fingerprint density at radius 1 is 1.04 bits per heavy atom. The molecule has 0 fully saturated rings. The first-order valence-corrected chi connectivity index (χ1v) is 9.41. The zero-order valence-electron chi connectivity index (χ0n) is 16.1. The summed E-state index contributed by atoms with van der Waals surface area (Å²) in [6.45, 7) is 2.28. The van der Waals surface area contributed by atoms with Crippen LogP contribution in [0.5, 0.6) is 0 Å². The lowest BCUT2D eigenvalue weighted by atomic mass is 10.2. The number of hydrogen-bond donors (Lipinski definition) is 0. The molecule has 27 heavy (non-hydrogen) atoms. The second-order valence-electron chi connectivity index (χ2n) is 6.89. The number of aryl methyl sites for hydroxylation is 2. The Kier molecular flexibility index (Phi) is 6.36. The molecule has 0 bridgehead atoms. The average Bonchev–Trinajstić information content (AvgIpc) is 3.01. The molecule has 1 aromatic carbocycles. The van der Waals surface area contributed by atoms with Crippen molar-refractivity contribution in [1.29, 1.82) is 0 Å². The Labute approximate surface area is 165 Å². The highest BCUT2D eigenvalue weighted by atomic mass is 32.1. The minimum absolute atomic E-state index is 0.658. The Balaban J connectivity index is 1.57. The fourth-order valence-electron chi connectivity index (χ4n) is 2.89. The van der Waals surface area contributed by atoms with Crippen LogP contribution in [0.25, 0.3) is 0 Å². The van der Waals surface area contributed by atoms with Crippen LogP contribution >= 0.6 is 12.2 Å². The summed E-state index contributed by atoms with van der Waals surface area (Å²) >= 11 is 5.58. The van der Waals surface area contributed by atoms with E-state index in [0.29, 0.717) is 6.67 Å². The van der Waals surface area contributed by atoms with E-state index in [1.165, 1.54) is 11.3 Å². The maximum atomic E-state index is 5.58. The van der Waals surface area contributed by atoms with E-state index in [-0.39, 0.29) is 0 Å². The molecule has 0 amide bonds. The summed E-state index contributed by atoms with van der Waals surface area (Å²) in [5.41, 5.74) is 3.53. The van der Waals surface area contributed by atoms with Gasteiger partial charge >= 0.3 is 0 Å². The van der Waals surface area contributed by atoms with Gasteiger partial charge in [0.1, 0.15) is 6.33 Å². The van der Waals surface area contributed by atoms with Crippen LogP contribution in [0.1, 0.15) is 11.3 Å². The summed E-state index contributed by atoms with van der Waals surface area (Å²) in [5, 5.41) is 4.45. The van der Waals surface area contributed by atoms with Crippen LogP contribution in [0, 0.1) is 4.77 Å². The summed E-state index contributed by atoms with van der Waals surface area (Å²) in [4.78, 5) is 8.66. The van der Waals surface area contributed by atoms with E-state index in [0.717, 1.165) is 30.0 Å². The minimum Gasteiger partial charge on any atom is -0.378 e. The van der Waals surface area contributed by atoms with Crippen molar-refractivity contribution in [3.05, 3.63) is 71.0 Å². The Hall–Kier alpha value is -2.51. The number of aromatic nitrogens is 4. The first-order chi connectivity index (χ1) is 13.0. The second kappa shape index (κ2) is 8.92. The summed E-state index contributed by atoms with van der Waals surface area (Å²) in [7, 11) is 6.18. The molecule has 0 unspecified atom stereocenters. The smallest absolute Gasteiger partial charge is 0.198 e. The van der Waals surface area contributed by atoms with Gasteiger partial charge in [-0.3, -0.25) is 9.88 Å². The van der Waals surface area contributed by atoms with Crippen molar-refractivity contribution in [3.8, 4) is 0 Å². The van der Waals surface area contributed by atoms with Crippen LogP contribution in [0.3, 0.4) is 0 Å². The van der Waals surface area contributed by atoms with Crippen molar-refractivity contribution in [2.45, 2.75) is 26.2 Å². The third-order valence-corrected chi connectivity index (χ3v) is 4.86. The second-order valence-corrected chi connectivity index (χ2v) is 7.26. The number of nitrogens with zero attached hydrogens (tertiary/aromatic N) is 6. The van der Waals surface area contributed by atoms with Crippen molar-refractivity contribution in [2.24, 2.45) is 0 Å². The molecular formula is C20H26N6S. The first kappa shape index (κ1) is 19.3. The molecule has 0 radical (unpaired) electrons. The summed E-state index contributed by atoms with van der Waals surface area (Å²) in [5.74, 6) is 0. The van der Waals surface area contributed by atoms with E-state index >= 15 is 0 Å². The predicted octanol–water partition coefficient (Wildman–Crippen LogP) is 3.21. The lowest BCUT2D eigenvalue weighted by molar-refractivity contribution is 0.243. The normalized spacial score (nSPS) is 11.1. The maximum absolute atomic E-state index is 5.58. The molecule has 0 N–H and O–H groups in total. The highest BCUT2D eigenvalue weighted by molar-refractivity contribution is 7.71. The average molecular weight is 383 g/mol. The quantitative estimate of drug-likeness (QED) is 0.560. The van der Waals surface area contributed by atoms with Gasteiger partial charge in [-0.1, -0.05) is 18.2 Å². The zero-order chi connectivity index (χ0) is 19.2. The number of pyridine rings is 1. The van der Waals surface area contributed by atoms with Crippen LogP contribution in [-0.4, -0.2) is 45.4 Å². The molecular weight excluding hydrogens is 356 g/mol. The maximum Gasteiger partial charge on any atom is 0.198 e. The highest BCUT2D eigenvalue weighted by Gasteiger charge is 2.07. The van der Waals surface area contributed by atoms with Crippen LogP contribution in [0.2, 0.25) is 0 Å². The first-order valence-electron chi connectivity index (χ1n) is 9.00. The van der Waals surface area contributed by atoms with Crippen LogP contribution in [0.15, 0.2) is 55.0 Å². The SMILES string of the molecule is CN(Cc1ccc(N(C)C)cc1)Cn1ncn(CCc2ccccn2)c1=S. The van der Waals surface area contributed by atoms with Gasteiger partial charge in [0.2, 0.25) is 0 Å². The molecule has 0 aliphatic carbocycles. The highest BCUT2D eigenvalue weighted by Crippen LogP contribution is 2.13. The van der Waals surface area contributed by atoms with Gasteiger partial charge in [0.25, 0.3) is 0 Å². The molecule has 142 valence electrons. The third-order valence-electron chi connectivity index (χ3n) is 4.41. The fourth-order valence-corrected chi connectivity index (χ4v) is 3.14. The molecule has 0 spiro atoms. The Morgan fingerprint density at radius 3 is 2.48 bits per heavy atom. The number of benzene rings is 1. The van der Waals surface area contributed by atoms with Crippen LogP contribution in [-0.2, 0) is 26.2 Å². The lowest BCUT2D eigenvalue weighted by Gasteiger charge is -2.18. The lowest BCUT2D eigenvalue weighted by Crippen LogP contribution is -2.22. The van der Waals surface area contributed by atoms with E-state index in [9.17, 15) is 0 Å². The van der Waals surface area contributed by atoms with Crippen molar-refractivity contribution < 1.29 is 0 Å². The van der Waals surface area contributed by atoms with Crippen molar-refractivity contribution in [2.75, 3.05) is 26.0 Å². The van der Waals surface area contributed by atoms with Crippen molar-refractivity contribution in [3.63, 3.8) is 0 Å². The summed E-state index contributed by atoms with van der Waals surface area (Å²) in [6.07, 6.45) is 4.47. The molecule has 2 aromatic heterocycles. The third kappa shape index (κ3) is 5.24. The van der Waals surface area contributed by atoms with Gasteiger partial charge in [0, 0.05) is 51.2 Å². The molecule has 0 saturated heterocycles. The predicted molar refractivity (Wildman–Crippen MR) is 111 cm³/mol. The van der Waals surface area contributed by atoms with Crippen LogP contribution < -0.4 is 4.90 Å². The number of hydrogen-bond acceptors (Lipinski definition) is 5. The molecule has 2 heterocycles. The standard InChI is InChI=1S/C20H26N6S/c1-23(2)19-9-7-17(8-10-19)14-24(3)16-26-20(27)25(15-22-26)13-11-18-6-4-5-12-21-18/h4-10,12,15H,11,13-14,16H2,1-3H3. The Bertz CT molecular complexity index is 898. The van der Waals surface area contributed by atoms with Gasteiger partial charge in [-0.2, -0.15) is 5.10 Å². The van der Waals surface area contributed by atoms with Crippen LogP contribution in [0.4, 0.5) is 5.69 Å². The van der Waals surface area contributed by atoms with Gasteiger partial charge in [-0.15, -0.1) is 0 Å². The van der Waals surface area contributed by atoms with Gasteiger partial charge < -0.3 is 9.47 Å². The fraction of sp³-hybridized carbons (Fsp3) is 0.350. The van der Waals surface area contributed by atoms with E-state index in [1.807, 2.05) is 54.1 Å². The molecule has 7 heteroatoms. The number of rotatable bonds is 8. The van der Waals surface area contributed by atoms with Crippen molar-refractivity contribution >= 4 is 17.9 Å². The largest absolute Gasteiger partial charge is 0.378 e. The molecule has 3 aromatic rings. The minimum atomic E-state index is 0.658. The molecule has 0 aliphatic rings. The van der Waals surface area contributed by atoms with Gasteiger partial charge in [-0.25, -0.2) is 4.68 Å². The van der Waals surface area contributed by atoms with Gasteiger partial charge in [0.05, 0.1) is 6.67 Å². The monoisotopic (exact) mass is 382 g/mol. The molecule has 0 saturated carbocycles. The van der Waals surface area contributed by atoms with E-state index in [2.05, 4.69) is 51.2 Å². The van der Waals surface area contributed by atoms with Gasteiger partial charge in [-0.05, 0) is 49.1 Å². The van der Waals surface area contributed by atoms with Gasteiger partial charge in [0.15, 0.2) is 4.77 Å². The van der Waals surface area contributed by atoms with E-state index in [4.69, 9.17) is 12.2 Å².